The Bertz CT molecular complexity index is 1130. The van der Waals surface area contributed by atoms with Gasteiger partial charge in [0.2, 0.25) is 10.0 Å². The summed E-state index contributed by atoms with van der Waals surface area (Å²) >= 11 is 6.30. The maximum atomic E-state index is 12.7. The highest BCUT2D eigenvalue weighted by Crippen LogP contribution is 2.30. The van der Waals surface area contributed by atoms with Crippen molar-refractivity contribution in [1.82, 2.24) is 9.62 Å². The molecule has 190 valence electrons. The second kappa shape index (κ2) is 11.5. The number of methoxy groups -OCH3 is 1. The number of hydrogen-bond donors (Lipinski definition) is 1. The van der Waals surface area contributed by atoms with Gasteiger partial charge in [-0.1, -0.05) is 43.0 Å². The maximum Gasteiger partial charge on any atom is 0.260 e. The minimum absolute atomic E-state index is 0.0375. The highest BCUT2D eigenvalue weighted by atomic mass is 35.5. The number of nitrogens with zero attached hydrogens (tertiary/aromatic N) is 2. The molecule has 2 fully saturated rings. The van der Waals surface area contributed by atoms with Crippen LogP contribution < -0.4 is 19.1 Å². The molecule has 35 heavy (non-hydrogen) atoms. The second-order valence-corrected chi connectivity index (χ2v) is 11.0. The van der Waals surface area contributed by atoms with Gasteiger partial charge in [0.15, 0.2) is 6.61 Å². The number of rotatable bonds is 8. The van der Waals surface area contributed by atoms with E-state index in [-0.39, 0.29) is 34.2 Å². The van der Waals surface area contributed by atoms with Gasteiger partial charge in [-0.15, -0.1) is 0 Å². The minimum Gasteiger partial charge on any atom is -0.495 e. The summed E-state index contributed by atoms with van der Waals surface area (Å²) in [5, 5.41) is 0.158. The molecule has 0 unspecified atom stereocenters. The number of amides is 1. The molecule has 1 amide bonds. The Balaban J connectivity index is 1.30. The van der Waals surface area contributed by atoms with Crippen molar-refractivity contribution in [3.05, 3.63) is 47.5 Å². The number of carbonyl (C=O) groups is 1. The van der Waals surface area contributed by atoms with E-state index in [4.69, 9.17) is 21.1 Å². The number of anilines is 1. The number of carbonyl (C=O) groups excluding carboxylic acids is 1. The van der Waals surface area contributed by atoms with Gasteiger partial charge >= 0.3 is 0 Å². The first-order valence-electron chi connectivity index (χ1n) is 12.0. The SMILES string of the molecule is COc1ccccc1N1CCN(C(=O)COc2ccc(S(=O)(=O)NC3CCCCC3)cc2Cl)CC1. The third kappa shape index (κ3) is 6.39. The molecule has 1 aliphatic carbocycles. The van der Waals surface area contributed by atoms with Crippen molar-refractivity contribution in [2.75, 3.05) is 44.8 Å². The van der Waals surface area contributed by atoms with Crippen LogP contribution >= 0.6 is 11.6 Å². The van der Waals surface area contributed by atoms with E-state index in [1.54, 1.807) is 12.0 Å². The number of benzene rings is 2. The van der Waals surface area contributed by atoms with Crippen LogP contribution in [0.5, 0.6) is 11.5 Å². The summed E-state index contributed by atoms with van der Waals surface area (Å²) in [5.41, 5.74) is 1.01. The summed E-state index contributed by atoms with van der Waals surface area (Å²) in [6.45, 7) is 2.34. The van der Waals surface area contributed by atoms with E-state index in [1.807, 2.05) is 24.3 Å². The van der Waals surface area contributed by atoms with Crippen LogP contribution in [0.4, 0.5) is 5.69 Å². The van der Waals surface area contributed by atoms with Gasteiger partial charge in [-0.3, -0.25) is 4.79 Å². The Labute approximate surface area is 212 Å². The molecule has 1 N–H and O–H groups in total. The fourth-order valence-corrected chi connectivity index (χ4v) is 6.22. The molecule has 1 saturated carbocycles. The van der Waals surface area contributed by atoms with Crippen LogP contribution in [-0.2, 0) is 14.8 Å². The molecule has 0 atom stereocenters. The highest BCUT2D eigenvalue weighted by Gasteiger charge is 2.25. The topological polar surface area (TPSA) is 88.2 Å². The molecular weight excluding hydrogens is 490 g/mol. The van der Waals surface area contributed by atoms with E-state index in [0.717, 1.165) is 43.5 Å². The first kappa shape index (κ1) is 25.6. The Morgan fingerprint density at radius 1 is 1.03 bits per heavy atom. The monoisotopic (exact) mass is 521 g/mol. The van der Waals surface area contributed by atoms with Crippen LogP contribution in [0.3, 0.4) is 0 Å². The number of ether oxygens (including phenoxy) is 2. The van der Waals surface area contributed by atoms with Crippen molar-refractivity contribution in [3.8, 4) is 11.5 Å². The lowest BCUT2D eigenvalue weighted by molar-refractivity contribution is -0.133. The van der Waals surface area contributed by atoms with Gasteiger partial charge in [-0.05, 0) is 43.2 Å². The quantitative estimate of drug-likeness (QED) is 0.570. The molecule has 1 saturated heterocycles. The summed E-state index contributed by atoms with van der Waals surface area (Å²) in [5.74, 6) is 0.949. The lowest BCUT2D eigenvalue weighted by Crippen LogP contribution is -2.50. The van der Waals surface area contributed by atoms with Gasteiger partial charge in [0.25, 0.3) is 5.91 Å². The molecule has 0 radical (unpaired) electrons. The largest absolute Gasteiger partial charge is 0.495 e. The summed E-state index contributed by atoms with van der Waals surface area (Å²) < 4.78 is 39.3. The summed E-state index contributed by atoms with van der Waals surface area (Å²) in [7, 11) is -2.01. The van der Waals surface area contributed by atoms with Gasteiger partial charge in [-0.2, -0.15) is 0 Å². The molecular formula is C25H32ClN3O5S. The van der Waals surface area contributed by atoms with Crippen LogP contribution in [-0.4, -0.2) is 65.2 Å². The smallest absolute Gasteiger partial charge is 0.260 e. The normalized spacial score (nSPS) is 17.3. The molecule has 0 bridgehead atoms. The molecule has 2 aromatic rings. The van der Waals surface area contributed by atoms with Gasteiger partial charge in [-0.25, -0.2) is 13.1 Å². The number of para-hydroxylation sites is 2. The maximum absolute atomic E-state index is 12.7. The van der Waals surface area contributed by atoms with Crippen molar-refractivity contribution in [2.24, 2.45) is 0 Å². The molecule has 0 spiro atoms. The van der Waals surface area contributed by atoms with E-state index in [1.165, 1.54) is 18.2 Å². The molecule has 2 aromatic carbocycles. The van der Waals surface area contributed by atoms with Crippen molar-refractivity contribution >= 4 is 33.2 Å². The molecule has 0 aromatic heterocycles. The Morgan fingerprint density at radius 2 is 1.74 bits per heavy atom. The van der Waals surface area contributed by atoms with Gasteiger partial charge < -0.3 is 19.3 Å². The van der Waals surface area contributed by atoms with Gasteiger partial charge in [0.05, 0.1) is 22.7 Å². The summed E-state index contributed by atoms with van der Waals surface area (Å²) in [4.78, 5) is 16.8. The zero-order chi connectivity index (χ0) is 24.8. The first-order chi connectivity index (χ1) is 16.9. The molecule has 10 heteroatoms. The number of piperazine rings is 1. The fourth-order valence-electron chi connectivity index (χ4n) is 4.59. The number of nitrogens with one attached hydrogen (secondary N) is 1. The highest BCUT2D eigenvalue weighted by molar-refractivity contribution is 7.89. The average Bonchev–Trinajstić information content (AvgIpc) is 2.88. The first-order valence-corrected chi connectivity index (χ1v) is 13.8. The molecule has 4 rings (SSSR count). The standard InChI is InChI=1S/C25H32ClN3O5S/c1-33-24-10-6-5-9-22(24)28-13-15-29(16-14-28)25(30)18-34-23-12-11-20(17-21(23)26)35(31,32)27-19-7-3-2-4-8-19/h5-6,9-12,17,19,27H,2-4,7-8,13-16,18H2,1H3. The van der Waals surface area contributed by atoms with Crippen molar-refractivity contribution in [3.63, 3.8) is 0 Å². The summed E-state index contributed by atoms with van der Waals surface area (Å²) in [6.07, 6.45) is 4.91. The number of hydrogen-bond acceptors (Lipinski definition) is 6. The minimum atomic E-state index is -3.66. The molecule has 1 aliphatic heterocycles. The Morgan fingerprint density at radius 3 is 2.43 bits per heavy atom. The summed E-state index contributed by atoms with van der Waals surface area (Å²) in [6, 6.07) is 12.1. The van der Waals surface area contributed by atoms with E-state index in [2.05, 4.69) is 9.62 Å². The van der Waals surface area contributed by atoms with Crippen molar-refractivity contribution in [2.45, 2.75) is 43.0 Å². The second-order valence-electron chi connectivity index (χ2n) is 8.88. The predicted molar refractivity (Wildman–Crippen MR) is 136 cm³/mol. The third-order valence-electron chi connectivity index (χ3n) is 6.55. The van der Waals surface area contributed by atoms with Crippen LogP contribution in [0.25, 0.3) is 0 Å². The third-order valence-corrected chi connectivity index (χ3v) is 8.36. The van der Waals surface area contributed by atoms with Crippen molar-refractivity contribution < 1.29 is 22.7 Å². The van der Waals surface area contributed by atoms with Gasteiger partial charge in [0.1, 0.15) is 11.5 Å². The van der Waals surface area contributed by atoms with Gasteiger partial charge in [0, 0.05) is 32.2 Å². The predicted octanol–water partition coefficient (Wildman–Crippen LogP) is 3.69. The van der Waals surface area contributed by atoms with E-state index in [9.17, 15) is 13.2 Å². The lowest BCUT2D eigenvalue weighted by Gasteiger charge is -2.36. The van der Waals surface area contributed by atoms with E-state index < -0.39 is 10.0 Å². The molecule has 1 heterocycles. The lowest BCUT2D eigenvalue weighted by atomic mass is 9.96. The van der Waals surface area contributed by atoms with E-state index >= 15 is 0 Å². The number of halogens is 1. The van der Waals surface area contributed by atoms with Crippen LogP contribution in [0.2, 0.25) is 5.02 Å². The Hall–Kier alpha value is -2.49. The zero-order valence-electron chi connectivity index (χ0n) is 19.9. The number of sulfonamides is 1. The fraction of sp³-hybridized carbons (Fsp3) is 0.480. The molecule has 2 aliphatic rings. The Kier molecular flexibility index (Phi) is 8.41. The molecule has 8 nitrogen and oxygen atoms in total. The van der Waals surface area contributed by atoms with Crippen LogP contribution in [0, 0.1) is 0 Å². The van der Waals surface area contributed by atoms with Crippen molar-refractivity contribution in [1.29, 1.82) is 0 Å². The van der Waals surface area contributed by atoms with Crippen LogP contribution in [0.1, 0.15) is 32.1 Å². The van der Waals surface area contributed by atoms with E-state index in [0.29, 0.717) is 26.2 Å². The van der Waals surface area contributed by atoms with Crippen LogP contribution in [0.15, 0.2) is 47.4 Å². The average molecular weight is 522 g/mol. The zero-order valence-corrected chi connectivity index (χ0v) is 21.5.